The van der Waals surface area contributed by atoms with Crippen LogP contribution in [-0.4, -0.2) is 32.5 Å². The molecule has 1 amide bonds. The van der Waals surface area contributed by atoms with Gasteiger partial charge in [0.05, 0.1) is 0 Å². The van der Waals surface area contributed by atoms with Gasteiger partial charge < -0.3 is 16.0 Å². The second-order valence-electron chi connectivity index (χ2n) is 6.62. The summed E-state index contributed by atoms with van der Waals surface area (Å²) in [5.41, 5.74) is 2.16. The number of benzene rings is 1. The molecule has 6 heteroatoms. The predicted molar refractivity (Wildman–Crippen MR) is 115 cm³/mol. The highest BCUT2D eigenvalue weighted by molar-refractivity contribution is 14.0. The number of carbonyl (C=O) groups is 1. The van der Waals surface area contributed by atoms with E-state index in [4.69, 9.17) is 0 Å². The number of amides is 1. The van der Waals surface area contributed by atoms with Crippen molar-refractivity contribution in [1.29, 1.82) is 0 Å². The summed E-state index contributed by atoms with van der Waals surface area (Å²) in [5, 5.41) is 9.48. The standard InChI is InChI=1S/C19H30N4O.HI/c1-4-19(10-5-6-11-19)14-23-18(21-3)22-13-15-8-7-9-16(12-15)17(24)20-2;/h7-9,12H,4-6,10-11,13-14H2,1-3H3,(H,20,24)(H2,21,22,23);1H. The first-order valence-corrected chi connectivity index (χ1v) is 8.88. The summed E-state index contributed by atoms with van der Waals surface area (Å²) in [6, 6.07) is 7.64. The molecule has 3 N–H and O–H groups in total. The van der Waals surface area contributed by atoms with Crippen molar-refractivity contribution in [2.75, 3.05) is 20.6 Å². The Hall–Kier alpha value is -1.31. The van der Waals surface area contributed by atoms with E-state index in [1.165, 1.54) is 32.1 Å². The molecule has 1 aliphatic carbocycles. The summed E-state index contributed by atoms with van der Waals surface area (Å²) in [6.45, 7) is 3.90. The highest BCUT2D eigenvalue weighted by atomic mass is 127. The Morgan fingerprint density at radius 2 is 1.96 bits per heavy atom. The first-order chi connectivity index (χ1) is 11.6. The average molecular weight is 458 g/mol. The van der Waals surface area contributed by atoms with Gasteiger partial charge in [-0.2, -0.15) is 0 Å². The van der Waals surface area contributed by atoms with Crippen LogP contribution in [0.1, 0.15) is 54.9 Å². The molecular formula is C19H31IN4O. The largest absolute Gasteiger partial charge is 0.356 e. The van der Waals surface area contributed by atoms with Crippen molar-refractivity contribution >= 4 is 35.8 Å². The van der Waals surface area contributed by atoms with Gasteiger partial charge in [-0.3, -0.25) is 9.79 Å². The van der Waals surface area contributed by atoms with Crippen LogP contribution in [0.25, 0.3) is 0 Å². The summed E-state index contributed by atoms with van der Waals surface area (Å²) < 4.78 is 0. The lowest BCUT2D eigenvalue weighted by molar-refractivity contribution is 0.0963. The third-order valence-corrected chi connectivity index (χ3v) is 5.14. The fourth-order valence-corrected chi connectivity index (χ4v) is 3.42. The predicted octanol–water partition coefficient (Wildman–Crippen LogP) is 3.30. The molecule has 1 aromatic rings. The Balaban J connectivity index is 0.00000312. The van der Waals surface area contributed by atoms with E-state index in [1.54, 1.807) is 14.1 Å². The highest BCUT2D eigenvalue weighted by Gasteiger charge is 2.31. The molecule has 0 aromatic heterocycles. The smallest absolute Gasteiger partial charge is 0.251 e. The quantitative estimate of drug-likeness (QED) is 0.348. The Morgan fingerprint density at radius 3 is 2.56 bits per heavy atom. The zero-order chi connectivity index (χ0) is 17.4. The van der Waals surface area contributed by atoms with Gasteiger partial charge in [-0.15, -0.1) is 24.0 Å². The van der Waals surface area contributed by atoms with Crippen molar-refractivity contribution in [1.82, 2.24) is 16.0 Å². The van der Waals surface area contributed by atoms with E-state index in [0.29, 0.717) is 17.5 Å². The third kappa shape index (κ3) is 6.17. The SMILES string of the molecule is CCC1(CNC(=NC)NCc2cccc(C(=O)NC)c2)CCCC1.I. The molecule has 2 rings (SSSR count). The topological polar surface area (TPSA) is 65.5 Å². The first kappa shape index (κ1) is 21.7. The van der Waals surface area contributed by atoms with Crippen molar-refractivity contribution in [3.05, 3.63) is 35.4 Å². The minimum absolute atomic E-state index is 0. The molecule has 0 aliphatic heterocycles. The number of hydrogen-bond acceptors (Lipinski definition) is 2. The van der Waals surface area contributed by atoms with Crippen LogP contribution in [0.2, 0.25) is 0 Å². The van der Waals surface area contributed by atoms with E-state index >= 15 is 0 Å². The fourth-order valence-electron chi connectivity index (χ4n) is 3.42. The van der Waals surface area contributed by atoms with Crippen LogP contribution in [0, 0.1) is 5.41 Å². The average Bonchev–Trinajstić information content (AvgIpc) is 3.11. The lowest BCUT2D eigenvalue weighted by Crippen LogP contribution is -2.42. The summed E-state index contributed by atoms with van der Waals surface area (Å²) in [6.07, 6.45) is 6.51. The van der Waals surface area contributed by atoms with Crippen molar-refractivity contribution < 1.29 is 4.79 Å². The maximum atomic E-state index is 11.7. The second-order valence-corrected chi connectivity index (χ2v) is 6.62. The van der Waals surface area contributed by atoms with Gasteiger partial charge in [0, 0.05) is 32.7 Å². The number of hydrogen-bond donors (Lipinski definition) is 3. The minimum Gasteiger partial charge on any atom is -0.356 e. The zero-order valence-electron chi connectivity index (χ0n) is 15.5. The Morgan fingerprint density at radius 1 is 1.24 bits per heavy atom. The summed E-state index contributed by atoms with van der Waals surface area (Å²) >= 11 is 0. The number of guanidine groups is 1. The van der Waals surface area contributed by atoms with Gasteiger partial charge >= 0.3 is 0 Å². The van der Waals surface area contributed by atoms with Crippen LogP contribution < -0.4 is 16.0 Å². The molecule has 1 fully saturated rings. The van der Waals surface area contributed by atoms with Gasteiger partial charge in [-0.1, -0.05) is 31.9 Å². The summed E-state index contributed by atoms with van der Waals surface area (Å²) in [7, 11) is 3.44. The second kappa shape index (κ2) is 10.6. The normalized spacial score (nSPS) is 16.0. The Labute approximate surface area is 168 Å². The van der Waals surface area contributed by atoms with Crippen molar-refractivity contribution in [2.24, 2.45) is 10.4 Å². The maximum Gasteiger partial charge on any atom is 0.251 e. The number of halogens is 1. The van der Waals surface area contributed by atoms with E-state index in [1.807, 2.05) is 24.3 Å². The minimum atomic E-state index is -0.0644. The van der Waals surface area contributed by atoms with Crippen LogP contribution in [0.5, 0.6) is 0 Å². The van der Waals surface area contributed by atoms with E-state index < -0.39 is 0 Å². The van der Waals surface area contributed by atoms with E-state index in [9.17, 15) is 4.79 Å². The van der Waals surface area contributed by atoms with E-state index in [-0.39, 0.29) is 29.9 Å². The van der Waals surface area contributed by atoms with Crippen LogP contribution >= 0.6 is 24.0 Å². The number of nitrogens with one attached hydrogen (secondary N) is 3. The van der Waals surface area contributed by atoms with E-state index in [2.05, 4.69) is 27.9 Å². The van der Waals surface area contributed by atoms with Crippen LogP contribution in [0.15, 0.2) is 29.3 Å². The van der Waals surface area contributed by atoms with E-state index in [0.717, 1.165) is 18.1 Å². The van der Waals surface area contributed by atoms with Gasteiger partial charge in [-0.25, -0.2) is 0 Å². The monoisotopic (exact) mass is 458 g/mol. The molecule has 0 radical (unpaired) electrons. The first-order valence-electron chi connectivity index (χ1n) is 8.88. The Kier molecular flexibility index (Phi) is 9.24. The molecule has 1 saturated carbocycles. The zero-order valence-corrected chi connectivity index (χ0v) is 17.9. The summed E-state index contributed by atoms with van der Waals surface area (Å²) in [4.78, 5) is 16.0. The number of nitrogens with zero attached hydrogens (tertiary/aromatic N) is 1. The maximum absolute atomic E-state index is 11.7. The highest BCUT2D eigenvalue weighted by Crippen LogP contribution is 2.40. The van der Waals surface area contributed by atoms with Gasteiger partial charge in [0.1, 0.15) is 0 Å². The van der Waals surface area contributed by atoms with Gasteiger partial charge in [0.25, 0.3) is 5.91 Å². The lowest BCUT2D eigenvalue weighted by Gasteiger charge is -2.28. The number of carbonyl (C=O) groups excluding carboxylic acids is 1. The molecule has 1 aromatic carbocycles. The van der Waals surface area contributed by atoms with Crippen molar-refractivity contribution in [3.8, 4) is 0 Å². The van der Waals surface area contributed by atoms with Gasteiger partial charge in [0.2, 0.25) is 0 Å². The molecular weight excluding hydrogens is 427 g/mol. The fraction of sp³-hybridized carbons (Fsp3) is 0.579. The molecule has 0 spiro atoms. The van der Waals surface area contributed by atoms with Gasteiger partial charge in [0.15, 0.2) is 5.96 Å². The third-order valence-electron chi connectivity index (χ3n) is 5.14. The number of rotatable bonds is 6. The van der Waals surface area contributed by atoms with Gasteiger partial charge in [-0.05, 0) is 42.4 Å². The van der Waals surface area contributed by atoms with Crippen molar-refractivity contribution in [3.63, 3.8) is 0 Å². The molecule has 0 heterocycles. The lowest BCUT2D eigenvalue weighted by atomic mass is 9.83. The molecule has 1 aliphatic rings. The van der Waals surface area contributed by atoms with Crippen molar-refractivity contribution in [2.45, 2.75) is 45.6 Å². The Bertz CT molecular complexity index is 583. The van der Waals surface area contributed by atoms with Crippen LogP contribution in [-0.2, 0) is 6.54 Å². The van der Waals surface area contributed by atoms with Crippen LogP contribution in [0.4, 0.5) is 0 Å². The molecule has 5 nitrogen and oxygen atoms in total. The molecule has 140 valence electrons. The molecule has 0 unspecified atom stereocenters. The molecule has 0 atom stereocenters. The molecule has 0 bridgehead atoms. The van der Waals surface area contributed by atoms with Crippen LogP contribution in [0.3, 0.4) is 0 Å². The summed E-state index contributed by atoms with van der Waals surface area (Å²) in [5.74, 6) is 0.755. The molecule has 25 heavy (non-hydrogen) atoms. The number of aliphatic imine (C=N–C) groups is 1. The molecule has 0 saturated heterocycles.